The Bertz CT molecular complexity index is 106. The second-order valence-corrected chi connectivity index (χ2v) is 2.04. The van der Waals surface area contributed by atoms with Crippen molar-refractivity contribution in [1.82, 2.24) is 5.32 Å². The fourth-order valence-corrected chi connectivity index (χ4v) is 0.664. The molecule has 0 spiro atoms. The Kier molecular flexibility index (Phi) is 4.88. The number of carbonyl (C=O) groups is 1. The van der Waals surface area contributed by atoms with Crippen molar-refractivity contribution in [2.75, 3.05) is 13.1 Å². The molecule has 60 valence electrons. The largest absolute Gasteiger partial charge is 0.480 e. The van der Waals surface area contributed by atoms with Gasteiger partial charge in [0, 0.05) is 13.1 Å². The number of carboxylic acid groups (broad SMARTS) is 1. The van der Waals surface area contributed by atoms with E-state index in [1.54, 1.807) is 0 Å². The maximum Gasteiger partial charge on any atom is 0.320 e. The van der Waals surface area contributed by atoms with Gasteiger partial charge in [0.2, 0.25) is 0 Å². The summed E-state index contributed by atoms with van der Waals surface area (Å²) in [6.07, 6.45) is 0.593. The fourth-order valence-electron chi connectivity index (χ4n) is 0.664. The second kappa shape index (κ2) is 5.20. The molecule has 4 heteroatoms. The quantitative estimate of drug-likeness (QED) is 0.484. The SMILES string of the molecule is CC[C@H](NCCN)C(=O)O. The van der Waals surface area contributed by atoms with Gasteiger partial charge in [0.1, 0.15) is 6.04 Å². The molecule has 4 nitrogen and oxygen atoms in total. The highest BCUT2D eigenvalue weighted by molar-refractivity contribution is 5.73. The van der Waals surface area contributed by atoms with Crippen molar-refractivity contribution in [3.05, 3.63) is 0 Å². The minimum absolute atomic E-state index is 0.441. The van der Waals surface area contributed by atoms with Crippen LogP contribution in [0.15, 0.2) is 0 Å². The Labute approximate surface area is 60.4 Å². The van der Waals surface area contributed by atoms with E-state index in [0.717, 1.165) is 0 Å². The van der Waals surface area contributed by atoms with Crippen LogP contribution < -0.4 is 11.1 Å². The third kappa shape index (κ3) is 3.42. The van der Waals surface area contributed by atoms with Gasteiger partial charge in [-0.3, -0.25) is 4.79 Å². The molecule has 10 heavy (non-hydrogen) atoms. The Morgan fingerprint density at radius 2 is 2.40 bits per heavy atom. The first kappa shape index (κ1) is 9.39. The van der Waals surface area contributed by atoms with Gasteiger partial charge in [0.25, 0.3) is 0 Å². The van der Waals surface area contributed by atoms with Gasteiger partial charge < -0.3 is 16.2 Å². The Hall–Kier alpha value is -0.610. The van der Waals surface area contributed by atoms with E-state index in [4.69, 9.17) is 10.8 Å². The van der Waals surface area contributed by atoms with Gasteiger partial charge in [0.05, 0.1) is 0 Å². The Morgan fingerprint density at radius 1 is 1.80 bits per heavy atom. The number of nitrogens with two attached hydrogens (primary N) is 1. The number of rotatable bonds is 5. The van der Waals surface area contributed by atoms with Crippen LogP contribution in [0.3, 0.4) is 0 Å². The van der Waals surface area contributed by atoms with Crippen molar-refractivity contribution in [3.8, 4) is 0 Å². The third-order valence-corrected chi connectivity index (χ3v) is 1.24. The second-order valence-electron chi connectivity index (χ2n) is 2.04. The molecule has 0 radical (unpaired) electrons. The topological polar surface area (TPSA) is 75.3 Å². The first-order valence-electron chi connectivity index (χ1n) is 3.38. The summed E-state index contributed by atoms with van der Waals surface area (Å²) in [5.74, 6) is -0.809. The standard InChI is InChI=1S/C6H14N2O2/c1-2-5(6(9)10)8-4-3-7/h5,8H,2-4,7H2,1H3,(H,9,10)/t5-/m0/s1. The lowest BCUT2D eigenvalue weighted by Gasteiger charge is -2.09. The van der Waals surface area contributed by atoms with Crippen LogP contribution in [0.2, 0.25) is 0 Å². The molecule has 0 aromatic heterocycles. The highest BCUT2D eigenvalue weighted by atomic mass is 16.4. The monoisotopic (exact) mass is 146 g/mol. The molecular formula is C6H14N2O2. The van der Waals surface area contributed by atoms with E-state index >= 15 is 0 Å². The first-order valence-corrected chi connectivity index (χ1v) is 3.38. The predicted molar refractivity (Wildman–Crippen MR) is 38.8 cm³/mol. The zero-order valence-corrected chi connectivity index (χ0v) is 6.13. The maximum absolute atomic E-state index is 10.3. The Morgan fingerprint density at radius 3 is 2.70 bits per heavy atom. The van der Waals surface area contributed by atoms with Gasteiger partial charge in [0.15, 0.2) is 0 Å². The number of hydrogen-bond donors (Lipinski definition) is 3. The molecule has 0 bridgehead atoms. The summed E-state index contributed by atoms with van der Waals surface area (Å²) in [7, 11) is 0. The molecule has 0 aliphatic carbocycles. The van der Waals surface area contributed by atoms with E-state index in [9.17, 15) is 4.79 Å². The molecule has 0 aromatic carbocycles. The van der Waals surface area contributed by atoms with Gasteiger partial charge >= 0.3 is 5.97 Å². The zero-order valence-electron chi connectivity index (χ0n) is 6.13. The molecule has 0 aliphatic rings. The molecule has 4 N–H and O–H groups in total. The van der Waals surface area contributed by atoms with E-state index in [2.05, 4.69) is 5.32 Å². The Balaban J connectivity index is 3.50. The van der Waals surface area contributed by atoms with Crippen LogP contribution in [0.25, 0.3) is 0 Å². The lowest BCUT2D eigenvalue weighted by molar-refractivity contribution is -0.139. The van der Waals surface area contributed by atoms with Crippen LogP contribution in [0.4, 0.5) is 0 Å². The lowest BCUT2D eigenvalue weighted by Crippen LogP contribution is -2.38. The maximum atomic E-state index is 10.3. The minimum Gasteiger partial charge on any atom is -0.480 e. The van der Waals surface area contributed by atoms with Gasteiger partial charge in [-0.25, -0.2) is 0 Å². The van der Waals surface area contributed by atoms with Gasteiger partial charge in [-0.2, -0.15) is 0 Å². The average molecular weight is 146 g/mol. The lowest BCUT2D eigenvalue weighted by atomic mass is 10.2. The van der Waals surface area contributed by atoms with Crippen molar-refractivity contribution in [2.45, 2.75) is 19.4 Å². The first-order chi connectivity index (χ1) is 4.72. The molecule has 0 unspecified atom stereocenters. The van der Waals surface area contributed by atoms with E-state index < -0.39 is 12.0 Å². The molecule has 0 saturated carbocycles. The molecule has 0 saturated heterocycles. The highest BCUT2D eigenvalue weighted by Gasteiger charge is 2.11. The number of aliphatic carboxylic acids is 1. The molecule has 0 aromatic rings. The summed E-state index contributed by atoms with van der Waals surface area (Å²) in [5.41, 5.74) is 5.18. The van der Waals surface area contributed by atoms with Crippen molar-refractivity contribution in [1.29, 1.82) is 0 Å². The summed E-state index contributed by atoms with van der Waals surface area (Å²) in [4.78, 5) is 10.3. The molecule has 0 heterocycles. The number of hydrogen-bond acceptors (Lipinski definition) is 3. The summed E-state index contributed by atoms with van der Waals surface area (Å²) >= 11 is 0. The molecule has 0 amide bonds. The molecule has 0 aliphatic heterocycles. The third-order valence-electron chi connectivity index (χ3n) is 1.24. The van der Waals surface area contributed by atoms with Gasteiger partial charge in [-0.1, -0.05) is 6.92 Å². The number of carboxylic acids is 1. The van der Waals surface area contributed by atoms with Gasteiger partial charge in [-0.05, 0) is 6.42 Å². The van der Waals surface area contributed by atoms with Crippen LogP contribution in [0.5, 0.6) is 0 Å². The molecule has 0 rings (SSSR count). The summed E-state index contributed by atoms with van der Waals surface area (Å²) < 4.78 is 0. The normalized spacial score (nSPS) is 13.0. The summed E-state index contributed by atoms with van der Waals surface area (Å²) in [6, 6.07) is -0.441. The molecule has 0 fully saturated rings. The zero-order chi connectivity index (χ0) is 7.98. The summed E-state index contributed by atoms with van der Waals surface area (Å²) in [6.45, 7) is 2.86. The summed E-state index contributed by atoms with van der Waals surface area (Å²) in [5, 5.41) is 11.3. The van der Waals surface area contributed by atoms with Gasteiger partial charge in [-0.15, -0.1) is 0 Å². The predicted octanol–water partition coefficient (Wildman–Crippen LogP) is -0.602. The molecule has 1 atom stereocenters. The minimum atomic E-state index is -0.809. The van der Waals surface area contributed by atoms with Crippen LogP contribution in [-0.2, 0) is 4.79 Å². The van der Waals surface area contributed by atoms with Crippen molar-refractivity contribution in [3.63, 3.8) is 0 Å². The fraction of sp³-hybridized carbons (Fsp3) is 0.833. The van der Waals surface area contributed by atoms with Crippen molar-refractivity contribution < 1.29 is 9.90 Å². The van der Waals surface area contributed by atoms with E-state index in [0.29, 0.717) is 19.5 Å². The van der Waals surface area contributed by atoms with Crippen LogP contribution in [0.1, 0.15) is 13.3 Å². The van der Waals surface area contributed by atoms with Crippen molar-refractivity contribution in [2.24, 2.45) is 5.73 Å². The van der Waals surface area contributed by atoms with Crippen LogP contribution >= 0.6 is 0 Å². The highest BCUT2D eigenvalue weighted by Crippen LogP contribution is 1.88. The van der Waals surface area contributed by atoms with Crippen LogP contribution in [0, 0.1) is 0 Å². The van der Waals surface area contributed by atoms with E-state index in [1.165, 1.54) is 0 Å². The van der Waals surface area contributed by atoms with E-state index in [-0.39, 0.29) is 0 Å². The smallest absolute Gasteiger partial charge is 0.320 e. The van der Waals surface area contributed by atoms with Crippen LogP contribution in [-0.4, -0.2) is 30.2 Å². The average Bonchev–Trinajstić information content (AvgIpc) is 1.89. The van der Waals surface area contributed by atoms with Crippen molar-refractivity contribution >= 4 is 5.97 Å². The number of nitrogens with one attached hydrogen (secondary N) is 1. The molecular weight excluding hydrogens is 132 g/mol. The van der Waals surface area contributed by atoms with E-state index in [1.807, 2.05) is 6.92 Å².